The molecule has 0 bridgehead atoms. The molecule has 0 aliphatic heterocycles. The van der Waals surface area contributed by atoms with Gasteiger partial charge in [-0.05, 0) is 50.2 Å². The average Bonchev–Trinajstić information content (AvgIpc) is 2.86. The van der Waals surface area contributed by atoms with Gasteiger partial charge >= 0.3 is 6.18 Å². The van der Waals surface area contributed by atoms with Gasteiger partial charge in [-0.2, -0.15) is 13.2 Å². The van der Waals surface area contributed by atoms with E-state index in [0.29, 0.717) is 18.0 Å². The summed E-state index contributed by atoms with van der Waals surface area (Å²) < 4.78 is 62.5. The van der Waals surface area contributed by atoms with Gasteiger partial charge < -0.3 is 23.9 Å². The number of hydrogen-bond acceptors (Lipinski definition) is 6. The van der Waals surface area contributed by atoms with Crippen LogP contribution in [-0.2, 0) is 11.0 Å². The molecule has 192 valence electrons. The number of rotatable bonds is 8. The van der Waals surface area contributed by atoms with Crippen LogP contribution in [0, 0.1) is 6.92 Å². The number of fused-ring (bicyclic) bond motifs is 1. The number of ether oxygens (including phenoxy) is 3. The standard InChI is InChI=1S/C27H22F3NO6/c1-3-34-21-7-5-4-6-20(21)31-23(32)15-35-18-12-13-19-22(14-18)37-26(27(28,29)30)25(24(19)33)36-17-10-8-16(2)9-11-17/h4-14H,3,15H2,1-2H3,(H,31,32). The summed E-state index contributed by atoms with van der Waals surface area (Å²) in [4.78, 5) is 25.3. The predicted molar refractivity (Wildman–Crippen MR) is 130 cm³/mol. The molecule has 0 aliphatic rings. The third-order valence-electron chi connectivity index (χ3n) is 5.15. The molecule has 3 aromatic carbocycles. The third-order valence-corrected chi connectivity index (χ3v) is 5.15. The number of amides is 1. The number of aryl methyl sites for hydroxylation is 1. The van der Waals surface area contributed by atoms with Crippen molar-refractivity contribution < 1.29 is 36.6 Å². The number of para-hydroxylation sites is 2. The molecule has 0 atom stereocenters. The first kappa shape index (κ1) is 25.6. The summed E-state index contributed by atoms with van der Waals surface area (Å²) in [6.07, 6.45) is -5.00. The summed E-state index contributed by atoms with van der Waals surface area (Å²) in [5.41, 5.74) is -0.0498. The molecule has 0 spiro atoms. The molecular formula is C27H22F3NO6. The number of nitrogens with one attached hydrogen (secondary N) is 1. The molecule has 1 amide bonds. The van der Waals surface area contributed by atoms with E-state index in [4.69, 9.17) is 18.6 Å². The molecule has 0 aliphatic carbocycles. The van der Waals surface area contributed by atoms with Crippen molar-refractivity contribution in [2.45, 2.75) is 20.0 Å². The Morgan fingerprint density at radius 1 is 0.973 bits per heavy atom. The zero-order chi connectivity index (χ0) is 26.6. The lowest BCUT2D eigenvalue weighted by atomic mass is 10.2. The van der Waals surface area contributed by atoms with E-state index in [-0.39, 0.29) is 22.5 Å². The first-order valence-corrected chi connectivity index (χ1v) is 11.2. The SMILES string of the molecule is CCOc1ccccc1NC(=O)COc1ccc2c(=O)c(Oc3ccc(C)cc3)c(C(F)(F)F)oc2c1. The molecule has 0 fully saturated rings. The number of hydrogen-bond donors (Lipinski definition) is 1. The fourth-order valence-corrected chi connectivity index (χ4v) is 3.44. The molecule has 0 unspecified atom stereocenters. The Bertz CT molecular complexity index is 1480. The minimum Gasteiger partial charge on any atom is -0.492 e. The first-order valence-electron chi connectivity index (χ1n) is 11.2. The summed E-state index contributed by atoms with van der Waals surface area (Å²) in [6.45, 7) is 3.57. The van der Waals surface area contributed by atoms with Gasteiger partial charge in [0.25, 0.3) is 11.7 Å². The molecule has 7 nitrogen and oxygen atoms in total. The van der Waals surface area contributed by atoms with Crippen LogP contribution in [0.4, 0.5) is 18.9 Å². The van der Waals surface area contributed by atoms with Gasteiger partial charge in [-0.25, -0.2) is 0 Å². The second-order valence-corrected chi connectivity index (χ2v) is 7.93. The molecule has 0 saturated heterocycles. The van der Waals surface area contributed by atoms with Crippen molar-refractivity contribution in [1.82, 2.24) is 0 Å². The summed E-state index contributed by atoms with van der Waals surface area (Å²) in [5.74, 6) is -2.50. The van der Waals surface area contributed by atoms with E-state index in [9.17, 15) is 22.8 Å². The van der Waals surface area contributed by atoms with Crippen LogP contribution in [0.1, 0.15) is 18.2 Å². The number of alkyl halides is 3. The summed E-state index contributed by atoms with van der Waals surface area (Å²) in [7, 11) is 0. The van der Waals surface area contributed by atoms with Crippen molar-refractivity contribution in [2.75, 3.05) is 18.5 Å². The van der Waals surface area contributed by atoms with Crippen LogP contribution in [0.15, 0.2) is 75.9 Å². The van der Waals surface area contributed by atoms with Crippen LogP contribution in [0.5, 0.6) is 23.0 Å². The van der Waals surface area contributed by atoms with E-state index in [2.05, 4.69) is 5.32 Å². The van der Waals surface area contributed by atoms with Gasteiger partial charge in [0, 0.05) is 6.07 Å². The van der Waals surface area contributed by atoms with Gasteiger partial charge in [0.2, 0.25) is 11.2 Å². The lowest BCUT2D eigenvalue weighted by Gasteiger charge is -2.14. The smallest absolute Gasteiger partial charge is 0.453 e. The highest BCUT2D eigenvalue weighted by Crippen LogP contribution is 2.38. The van der Waals surface area contributed by atoms with Crippen molar-refractivity contribution in [3.8, 4) is 23.0 Å². The quantitative estimate of drug-likeness (QED) is 0.296. The van der Waals surface area contributed by atoms with Crippen LogP contribution >= 0.6 is 0 Å². The highest BCUT2D eigenvalue weighted by atomic mass is 19.4. The van der Waals surface area contributed by atoms with Crippen LogP contribution in [0.25, 0.3) is 11.0 Å². The maximum atomic E-state index is 13.8. The molecule has 1 heterocycles. The second kappa shape index (κ2) is 10.7. The molecule has 37 heavy (non-hydrogen) atoms. The Kier molecular flexibility index (Phi) is 7.37. The number of benzene rings is 3. The molecule has 0 radical (unpaired) electrons. The Labute approximate surface area is 209 Å². The van der Waals surface area contributed by atoms with E-state index in [1.54, 1.807) is 43.3 Å². The van der Waals surface area contributed by atoms with E-state index < -0.39 is 35.6 Å². The zero-order valence-corrected chi connectivity index (χ0v) is 19.8. The van der Waals surface area contributed by atoms with Crippen LogP contribution < -0.4 is 25.0 Å². The number of halogens is 3. The minimum atomic E-state index is -5.00. The van der Waals surface area contributed by atoms with Crippen LogP contribution in [-0.4, -0.2) is 19.1 Å². The molecule has 10 heteroatoms. The minimum absolute atomic E-state index is 0.0317. The van der Waals surface area contributed by atoms with Crippen molar-refractivity contribution in [3.05, 3.63) is 88.3 Å². The lowest BCUT2D eigenvalue weighted by Crippen LogP contribution is -2.20. The monoisotopic (exact) mass is 513 g/mol. The van der Waals surface area contributed by atoms with E-state index in [0.717, 1.165) is 11.6 Å². The maximum Gasteiger partial charge on any atom is 0.453 e. The highest BCUT2D eigenvalue weighted by Gasteiger charge is 2.40. The predicted octanol–water partition coefficient (Wildman–Crippen LogP) is 6.33. The Balaban J connectivity index is 1.58. The van der Waals surface area contributed by atoms with Crippen molar-refractivity contribution in [3.63, 3.8) is 0 Å². The van der Waals surface area contributed by atoms with Gasteiger partial charge in [-0.3, -0.25) is 9.59 Å². The lowest BCUT2D eigenvalue weighted by molar-refractivity contribution is -0.154. The first-order chi connectivity index (χ1) is 17.7. The summed E-state index contributed by atoms with van der Waals surface area (Å²) in [6, 6.07) is 16.7. The second-order valence-electron chi connectivity index (χ2n) is 7.93. The average molecular weight is 513 g/mol. The summed E-state index contributed by atoms with van der Waals surface area (Å²) >= 11 is 0. The number of anilines is 1. The molecule has 1 aromatic heterocycles. The van der Waals surface area contributed by atoms with Crippen molar-refractivity contribution >= 4 is 22.6 Å². The van der Waals surface area contributed by atoms with Crippen molar-refractivity contribution in [2.24, 2.45) is 0 Å². The Hall–Kier alpha value is -4.47. The Morgan fingerprint density at radius 3 is 2.38 bits per heavy atom. The van der Waals surface area contributed by atoms with E-state index in [1.807, 2.05) is 6.92 Å². The maximum absolute atomic E-state index is 13.8. The molecule has 0 saturated carbocycles. The van der Waals surface area contributed by atoms with Gasteiger partial charge in [-0.1, -0.05) is 29.8 Å². The highest BCUT2D eigenvalue weighted by molar-refractivity contribution is 5.93. The van der Waals surface area contributed by atoms with Crippen LogP contribution in [0.2, 0.25) is 0 Å². The van der Waals surface area contributed by atoms with Gasteiger partial charge in [0.05, 0.1) is 17.7 Å². The summed E-state index contributed by atoms with van der Waals surface area (Å²) in [5, 5.41) is 2.51. The van der Waals surface area contributed by atoms with E-state index in [1.165, 1.54) is 24.3 Å². The molecule has 4 rings (SSSR count). The van der Waals surface area contributed by atoms with Gasteiger partial charge in [0.15, 0.2) is 6.61 Å². The number of carbonyl (C=O) groups excluding carboxylic acids is 1. The largest absolute Gasteiger partial charge is 0.492 e. The zero-order valence-electron chi connectivity index (χ0n) is 19.8. The fourth-order valence-electron chi connectivity index (χ4n) is 3.44. The third kappa shape index (κ3) is 6.03. The van der Waals surface area contributed by atoms with Gasteiger partial charge in [-0.15, -0.1) is 0 Å². The topological polar surface area (TPSA) is 87.0 Å². The molecule has 1 N–H and O–H groups in total. The Morgan fingerprint density at radius 2 is 1.68 bits per heavy atom. The number of carbonyl (C=O) groups is 1. The molecular weight excluding hydrogens is 491 g/mol. The normalized spacial score (nSPS) is 11.3. The van der Waals surface area contributed by atoms with Gasteiger partial charge in [0.1, 0.15) is 22.8 Å². The van der Waals surface area contributed by atoms with E-state index >= 15 is 0 Å². The molecule has 4 aromatic rings. The fraction of sp³-hybridized carbons (Fsp3) is 0.185. The van der Waals surface area contributed by atoms with Crippen LogP contribution in [0.3, 0.4) is 0 Å². The van der Waals surface area contributed by atoms with Crippen molar-refractivity contribution in [1.29, 1.82) is 0 Å².